The van der Waals surface area contributed by atoms with Crippen molar-refractivity contribution >= 4 is 5.91 Å². The summed E-state index contributed by atoms with van der Waals surface area (Å²) in [6, 6.07) is 8.28. The lowest BCUT2D eigenvalue weighted by Crippen LogP contribution is -2.43. The van der Waals surface area contributed by atoms with E-state index in [4.69, 9.17) is 4.74 Å². The van der Waals surface area contributed by atoms with Crippen molar-refractivity contribution in [3.63, 3.8) is 0 Å². The van der Waals surface area contributed by atoms with Gasteiger partial charge in [0, 0.05) is 18.6 Å². The van der Waals surface area contributed by atoms with E-state index in [1.165, 1.54) is 0 Å². The normalized spacial score (nSPS) is 22.3. The van der Waals surface area contributed by atoms with Crippen LogP contribution in [0, 0.1) is 0 Å². The maximum Gasteiger partial charge on any atom is 0.258 e. The van der Waals surface area contributed by atoms with E-state index in [0.717, 1.165) is 32.4 Å². The predicted molar refractivity (Wildman–Crippen MR) is 73.5 cm³/mol. The molecule has 102 valence electrons. The van der Waals surface area contributed by atoms with Gasteiger partial charge in [-0.1, -0.05) is 12.1 Å². The van der Waals surface area contributed by atoms with Crippen molar-refractivity contribution in [2.24, 2.45) is 0 Å². The number of para-hydroxylation sites is 1. The van der Waals surface area contributed by atoms with Crippen LogP contribution in [0.15, 0.2) is 24.3 Å². The Hall–Kier alpha value is -1.55. The Morgan fingerprint density at radius 2 is 2.05 bits per heavy atom. The fourth-order valence-electron chi connectivity index (χ4n) is 2.82. The molecular weight excluding hydrogens is 240 g/mol. The molecule has 1 saturated carbocycles. The van der Waals surface area contributed by atoms with Crippen molar-refractivity contribution in [3.05, 3.63) is 29.8 Å². The zero-order valence-corrected chi connectivity index (χ0v) is 11.3. The van der Waals surface area contributed by atoms with Gasteiger partial charge in [-0.25, -0.2) is 0 Å². The Kier molecular flexibility index (Phi) is 3.42. The Morgan fingerprint density at radius 3 is 2.68 bits per heavy atom. The van der Waals surface area contributed by atoms with Gasteiger partial charge in [-0.05, 0) is 37.9 Å². The van der Waals surface area contributed by atoms with E-state index >= 15 is 0 Å². The van der Waals surface area contributed by atoms with Crippen LogP contribution in [0.5, 0.6) is 5.75 Å². The van der Waals surface area contributed by atoms with Crippen LogP contribution in [-0.4, -0.2) is 43.1 Å². The van der Waals surface area contributed by atoms with Gasteiger partial charge in [-0.15, -0.1) is 0 Å². The SMILES string of the molecule is COc1ccccc1C(=O)N(C1CC1)C1CCNC1. The van der Waals surface area contributed by atoms with Crippen LogP contribution in [0.2, 0.25) is 0 Å². The van der Waals surface area contributed by atoms with E-state index in [2.05, 4.69) is 10.2 Å². The molecule has 2 aliphatic rings. The number of benzene rings is 1. The molecule has 0 radical (unpaired) electrons. The molecule has 1 unspecified atom stereocenters. The molecule has 1 aromatic carbocycles. The number of carbonyl (C=O) groups excluding carboxylic acids is 1. The highest BCUT2D eigenvalue weighted by Gasteiger charge is 2.39. The highest BCUT2D eigenvalue weighted by atomic mass is 16.5. The van der Waals surface area contributed by atoms with E-state index in [1.54, 1.807) is 7.11 Å². The zero-order valence-electron chi connectivity index (χ0n) is 11.3. The topological polar surface area (TPSA) is 41.6 Å². The molecule has 1 saturated heterocycles. The number of hydrogen-bond acceptors (Lipinski definition) is 3. The number of ether oxygens (including phenoxy) is 1. The van der Waals surface area contributed by atoms with Crippen LogP contribution in [0.25, 0.3) is 0 Å². The van der Waals surface area contributed by atoms with Gasteiger partial charge in [0.1, 0.15) is 5.75 Å². The van der Waals surface area contributed by atoms with Crippen molar-refractivity contribution in [2.45, 2.75) is 31.3 Å². The molecule has 3 rings (SSSR count). The molecule has 1 aromatic rings. The van der Waals surface area contributed by atoms with Crippen LogP contribution in [0.1, 0.15) is 29.6 Å². The average molecular weight is 260 g/mol. The van der Waals surface area contributed by atoms with Crippen molar-refractivity contribution in [1.82, 2.24) is 10.2 Å². The molecule has 2 fully saturated rings. The van der Waals surface area contributed by atoms with Gasteiger partial charge in [-0.2, -0.15) is 0 Å². The molecule has 0 bridgehead atoms. The van der Waals surface area contributed by atoms with Gasteiger partial charge < -0.3 is 15.0 Å². The molecule has 19 heavy (non-hydrogen) atoms. The highest BCUT2D eigenvalue weighted by Crippen LogP contribution is 2.33. The molecule has 0 spiro atoms. The van der Waals surface area contributed by atoms with Crippen molar-refractivity contribution in [1.29, 1.82) is 0 Å². The third-order valence-electron chi connectivity index (χ3n) is 3.94. The van der Waals surface area contributed by atoms with E-state index in [0.29, 0.717) is 23.4 Å². The Morgan fingerprint density at radius 1 is 1.26 bits per heavy atom. The van der Waals surface area contributed by atoms with Crippen LogP contribution >= 0.6 is 0 Å². The molecule has 4 heteroatoms. The first-order valence-corrected chi connectivity index (χ1v) is 6.97. The second kappa shape index (κ2) is 5.21. The molecule has 1 amide bonds. The number of hydrogen-bond donors (Lipinski definition) is 1. The number of carbonyl (C=O) groups is 1. The monoisotopic (exact) mass is 260 g/mol. The number of rotatable bonds is 4. The van der Waals surface area contributed by atoms with E-state index in [1.807, 2.05) is 24.3 Å². The minimum Gasteiger partial charge on any atom is -0.496 e. The summed E-state index contributed by atoms with van der Waals surface area (Å²) >= 11 is 0. The van der Waals surface area contributed by atoms with Crippen molar-refractivity contribution < 1.29 is 9.53 Å². The maximum atomic E-state index is 12.8. The van der Waals surface area contributed by atoms with Crippen LogP contribution in [0.3, 0.4) is 0 Å². The minimum atomic E-state index is 0.119. The summed E-state index contributed by atoms with van der Waals surface area (Å²) in [4.78, 5) is 14.9. The largest absolute Gasteiger partial charge is 0.496 e. The lowest BCUT2D eigenvalue weighted by molar-refractivity contribution is 0.0672. The summed E-state index contributed by atoms with van der Waals surface area (Å²) in [7, 11) is 1.62. The number of nitrogens with zero attached hydrogens (tertiary/aromatic N) is 1. The van der Waals surface area contributed by atoms with Gasteiger partial charge in [0.15, 0.2) is 0 Å². The molecule has 4 nitrogen and oxygen atoms in total. The molecule has 1 N–H and O–H groups in total. The van der Waals surface area contributed by atoms with Gasteiger partial charge in [-0.3, -0.25) is 4.79 Å². The van der Waals surface area contributed by atoms with Crippen LogP contribution in [-0.2, 0) is 0 Å². The first-order valence-electron chi connectivity index (χ1n) is 6.97. The van der Waals surface area contributed by atoms with E-state index < -0.39 is 0 Å². The van der Waals surface area contributed by atoms with E-state index in [9.17, 15) is 4.79 Å². The van der Waals surface area contributed by atoms with Crippen LogP contribution in [0.4, 0.5) is 0 Å². The fraction of sp³-hybridized carbons (Fsp3) is 0.533. The Bertz CT molecular complexity index is 465. The number of nitrogens with one attached hydrogen (secondary N) is 1. The van der Waals surface area contributed by atoms with Gasteiger partial charge in [0.05, 0.1) is 12.7 Å². The molecule has 1 heterocycles. The third-order valence-corrected chi connectivity index (χ3v) is 3.94. The smallest absolute Gasteiger partial charge is 0.258 e. The number of methoxy groups -OCH3 is 1. The zero-order chi connectivity index (χ0) is 13.2. The first-order chi connectivity index (χ1) is 9.31. The third kappa shape index (κ3) is 2.45. The number of amides is 1. The summed E-state index contributed by atoms with van der Waals surface area (Å²) in [5.41, 5.74) is 0.684. The van der Waals surface area contributed by atoms with Gasteiger partial charge in [0.2, 0.25) is 0 Å². The second-order valence-corrected chi connectivity index (χ2v) is 5.29. The predicted octanol–water partition coefficient (Wildman–Crippen LogP) is 1.66. The molecule has 1 atom stereocenters. The standard InChI is InChI=1S/C15H20N2O2/c1-19-14-5-3-2-4-13(14)15(18)17(11-6-7-11)12-8-9-16-10-12/h2-5,11-12,16H,6-10H2,1H3. The summed E-state index contributed by atoms with van der Waals surface area (Å²) in [6.07, 6.45) is 3.33. The second-order valence-electron chi connectivity index (χ2n) is 5.29. The maximum absolute atomic E-state index is 12.8. The Balaban J connectivity index is 1.87. The fourth-order valence-corrected chi connectivity index (χ4v) is 2.82. The summed E-state index contributed by atoms with van der Waals surface area (Å²) < 4.78 is 5.32. The molecule has 1 aliphatic heterocycles. The quantitative estimate of drug-likeness (QED) is 0.895. The lowest BCUT2D eigenvalue weighted by Gasteiger charge is -2.29. The lowest BCUT2D eigenvalue weighted by atomic mass is 10.1. The molecule has 1 aliphatic carbocycles. The Labute approximate surface area is 113 Å². The minimum absolute atomic E-state index is 0.119. The summed E-state index contributed by atoms with van der Waals surface area (Å²) in [5, 5.41) is 3.35. The molecular formula is C15H20N2O2. The highest BCUT2D eigenvalue weighted by molar-refractivity contribution is 5.97. The van der Waals surface area contributed by atoms with Crippen LogP contribution < -0.4 is 10.1 Å². The van der Waals surface area contributed by atoms with Crippen molar-refractivity contribution in [3.8, 4) is 5.75 Å². The first kappa shape index (κ1) is 12.5. The van der Waals surface area contributed by atoms with Crippen molar-refractivity contribution in [2.75, 3.05) is 20.2 Å². The summed E-state index contributed by atoms with van der Waals surface area (Å²) in [5.74, 6) is 0.790. The molecule has 0 aromatic heterocycles. The average Bonchev–Trinajstić information content (AvgIpc) is 3.13. The van der Waals surface area contributed by atoms with Gasteiger partial charge >= 0.3 is 0 Å². The summed E-state index contributed by atoms with van der Waals surface area (Å²) in [6.45, 7) is 1.92. The van der Waals surface area contributed by atoms with Gasteiger partial charge in [0.25, 0.3) is 5.91 Å². The van der Waals surface area contributed by atoms with E-state index in [-0.39, 0.29) is 5.91 Å².